The number of aromatic amines is 1. The Morgan fingerprint density at radius 3 is 2.79 bits per heavy atom. The molecule has 6 nitrogen and oxygen atoms in total. The predicted molar refractivity (Wildman–Crippen MR) is 102 cm³/mol. The van der Waals surface area contributed by atoms with E-state index in [0.717, 1.165) is 12.1 Å². The van der Waals surface area contributed by atoms with Crippen molar-refractivity contribution in [2.24, 2.45) is 0 Å². The van der Waals surface area contributed by atoms with E-state index in [1.807, 2.05) is 0 Å². The van der Waals surface area contributed by atoms with Gasteiger partial charge in [-0.2, -0.15) is 5.10 Å². The zero-order valence-electron chi connectivity index (χ0n) is 15.2. The Hall–Kier alpha value is -2.46. The number of nitrogens with one attached hydrogen (secondary N) is 2. The van der Waals surface area contributed by atoms with Crippen LogP contribution in [0.1, 0.15) is 12.0 Å². The summed E-state index contributed by atoms with van der Waals surface area (Å²) in [5, 5.41) is 9.92. The van der Waals surface area contributed by atoms with Crippen molar-refractivity contribution in [1.82, 2.24) is 25.1 Å². The third kappa shape index (κ3) is 4.59. The smallest absolute Gasteiger partial charge is 0.280 e. The summed E-state index contributed by atoms with van der Waals surface area (Å²) in [7, 11) is 0. The van der Waals surface area contributed by atoms with E-state index in [1.54, 1.807) is 4.90 Å². The largest absolute Gasteiger partial charge is 0.360 e. The molecule has 11 heteroatoms. The highest BCUT2D eigenvalue weighted by molar-refractivity contribution is 5.86. The molecule has 0 spiro atoms. The predicted octanol–water partition coefficient (Wildman–Crippen LogP) is 3.42. The van der Waals surface area contributed by atoms with Crippen molar-refractivity contribution in [3.63, 3.8) is 0 Å². The Balaban J connectivity index is 0.00000240. The Bertz CT molecular complexity index is 982. The molecule has 1 atom stereocenters. The van der Waals surface area contributed by atoms with E-state index < -0.39 is 30.1 Å². The highest BCUT2D eigenvalue weighted by atomic mass is 35.5. The molecule has 0 saturated carbocycles. The van der Waals surface area contributed by atoms with Gasteiger partial charge in [0.05, 0.1) is 24.2 Å². The number of nitrogens with zero attached hydrogens (tertiary/aromatic N) is 4. The van der Waals surface area contributed by atoms with Crippen molar-refractivity contribution in [3.05, 3.63) is 47.9 Å². The first-order valence-electron chi connectivity index (χ1n) is 8.87. The maximum atomic E-state index is 14.7. The molecule has 1 aromatic carbocycles. The lowest BCUT2D eigenvalue weighted by Gasteiger charge is -2.38. The fourth-order valence-electron chi connectivity index (χ4n) is 3.41. The minimum Gasteiger partial charge on any atom is -0.360 e. The number of H-pyrrole nitrogens is 1. The second kappa shape index (κ2) is 8.50. The summed E-state index contributed by atoms with van der Waals surface area (Å²) in [5.74, 6) is -4.51. The molecular weight excluding hydrogens is 412 g/mol. The van der Waals surface area contributed by atoms with E-state index in [2.05, 4.69) is 25.5 Å². The fourth-order valence-corrected chi connectivity index (χ4v) is 3.41. The fraction of sp³-hybridized carbons (Fsp3) is 0.389. The molecule has 2 aromatic heterocycles. The average Bonchev–Trinajstić information content (AvgIpc) is 3.14. The van der Waals surface area contributed by atoms with Crippen LogP contribution in [0.5, 0.6) is 0 Å². The van der Waals surface area contributed by atoms with Crippen LogP contribution >= 0.6 is 12.4 Å². The zero-order valence-corrected chi connectivity index (χ0v) is 16.0. The SMILES string of the molecule is Cl.Fc1ccc(CCN2CCC(Nc3ncnc4[nH]ncc34)C(F)(F)C2)cc1F. The second-order valence-electron chi connectivity index (χ2n) is 6.88. The lowest BCUT2D eigenvalue weighted by atomic mass is 10.00. The number of benzene rings is 1. The van der Waals surface area contributed by atoms with Gasteiger partial charge in [0, 0.05) is 13.1 Å². The van der Waals surface area contributed by atoms with E-state index in [1.165, 1.54) is 18.6 Å². The lowest BCUT2D eigenvalue weighted by molar-refractivity contribution is -0.0734. The molecule has 29 heavy (non-hydrogen) atoms. The quantitative estimate of drug-likeness (QED) is 0.607. The topological polar surface area (TPSA) is 69.7 Å². The van der Waals surface area contributed by atoms with Crippen molar-refractivity contribution in [2.75, 3.05) is 25.0 Å². The molecule has 0 bridgehead atoms. The molecule has 3 heterocycles. The lowest BCUT2D eigenvalue weighted by Crippen LogP contribution is -2.54. The Morgan fingerprint density at radius 1 is 1.21 bits per heavy atom. The van der Waals surface area contributed by atoms with Gasteiger partial charge in [-0.1, -0.05) is 6.07 Å². The molecule has 1 saturated heterocycles. The van der Waals surface area contributed by atoms with Crippen molar-refractivity contribution < 1.29 is 17.6 Å². The minimum atomic E-state index is -2.98. The van der Waals surface area contributed by atoms with Gasteiger partial charge < -0.3 is 5.32 Å². The minimum absolute atomic E-state index is 0. The Kier molecular flexibility index (Phi) is 6.23. The molecule has 0 amide bonds. The van der Waals surface area contributed by atoms with E-state index in [0.29, 0.717) is 41.9 Å². The van der Waals surface area contributed by atoms with Crippen LogP contribution in [0.15, 0.2) is 30.7 Å². The molecule has 3 aromatic rings. The molecule has 4 rings (SSSR count). The standard InChI is InChI=1S/C18H18F4N6.ClH/c19-13-2-1-11(7-14(13)20)3-5-28-6-4-15(18(21,22)9-28)26-16-12-8-25-27-17(12)24-10-23-16;/h1-2,7-8,10,15H,3-6,9H2,(H2,23,24,25,26,27);1H. The van der Waals surface area contributed by atoms with Crippen molar-refractivity contribution in [3.8, 4) is 0 Å². The van der Waals surface area contributed by atoms with Gasteiger partial charge in [0.2, 0.25) is 0 Å². The van der Waals surface area contributed by atoms with Crippen molar-refractivity contribution in [2.45, 2.75) is 24.8 Å². The van der Waals surface area contributed by atoms with Gasteiger partial charge in [-0.05, 0) is 30.5 Å². The summed E-state index contributed by atoms with van der Waals surface area (Å²) >= 11 is 0. The maximum absolute atomic E-state index is 14.7. The van der Waals surface area contributed by atoms with Crippen molar-refractivity contribution in [1.29, 1.82) is 0 Å². The summed E-state index contributed by atoms with van der Waals surface area (Å²) in [6.07, 6.45) is 3.37. The monoisotopic (exact) mass is 430 g/mol. The van der Waals surface area contributed by atoms with Crippen LogP contribution in [0, 0.1) is 11.6 Å². The van der Waals surface area contributed by atoms with Crippen LogP contribution in [0.3, 0.4) is 0 Å². The van der Waals surface area contributed by atoms with Crippen LogP contribution < -0.4 is 5.32 Å². The van der Waals surface area contributed by atoms with E-state index >= 15 is 0 Å². The number of alkyl halides is 2. The van der Waals surface area contributed by atoms with E-state index in [-0.39, 0.29) is 18.8 Å². The molecular formula is C18H19ClF4N6. The number of likely N-dealkylation sites (tertiary alicyclic amines) is 1. The normalized spacial score (nSPS) is 19.1. The molecule has 2 N–H and O–H groups in total. The van der Waals surface area contributed by atoms with Gasteiger partial charge in [0.25, 0.3) is 5.92 Å². The number of hydrogen-bond donors (Lipinski definition) is 2. The van der Waals surface area contributed by atoms with Crippen molar-refractivity contribution >= 4 is 29.3 Å². The summed E-state index contributed by atoms with van der Waals surface area (Å²) < 4.78 is 55.7. The first-order chi connectivity index (χ1) is 13.4. The number of halogens is 5. The number of rotatable bonds is 5. The Morgan fingerprint density at radius 2 is 2.03 bits per heavy atom. The number of fused-ring (bicyclic) bond motifs is 1. The van der Waals surface area contributed by atoms with E-state index in [4.69, 9.17) is 0 Å². The summed E-state index contributed by atoms with van der Waals surface area (Å²) in [6, 6.07) is 2.55. The third-order valence-corrected chi connectivity index (χ3v) is 4.94. The molecule has 0 radical (unpaired) electrons. The zero-order chi connectivity index (χ0) is 19.7. The maximum Gasteiger partial charge on any atom is 0.280 e. The van der Waals surface area contributed by atoms with Gasteiger partial charge in [0.15, 0.2) is 17.3 Å². The molecule has 1 aliphatic rings. The van der Waals surface area contributed by atoms with Crippen LogP contribution in [-0.2, 0) is 6.42 Å². The van der Waals surface area contributed by atoms with Gasteiger partial charge in [-0.15, -0.1) is 12.4 Å². The van der Waals surface area contributed by atoms with Crippen LogP contribution in [-0.4, -0.2) is 56.7 Å². The molecule has 1 unspecified atom stereocenters. The highest BCUT2D eigenvalue weighted by Gasteiger charge is 2.44. The molecule has 1 aliphatic heterocycles. The summed E-state index contributed by atoms with van der Waals surface area (Å²) in [5.41, 5.74) is 1.05. The summed E-state index contributed by atoms with van der Waals surface area (Å²) in [4.78, 5) is 9.68. The number of aromatic nitrogens is 4. The van der Waals surface area contributed by atoms with E-state index in [9.17, 15) is 17.6 Å². The van der Waals surface area contributed by atoms with Crippen LogP contribution in [0.2, 0.25) is 0 Å². The number of piperidine rings is 1. The Labute approximate surface area is 170 Å². The second-order valence-corrected chi connectivity index (χ2v) is 6.88. The first-order valence-corrected chi connectivity index (χ1v) is 8.87. The average molecular weight is 431 g/mol. The van der Waals surface area contributed by atoms with Gasteiger partial charge in [-0.3, -0.25) is 10.00 Å². The third-order valence-electron chi connectivity index (χ3n) is 4.94. The number of anilines is 1. The van der Waals surface area contributed by atoms with Gasteiger partial charge in [0.1, 0.15) is 12.1 Å². The molecule has 1 fully saturated rings. The number of hydrogen-bond acceptors (Lipinski definition) is 5. The van der Waals surface area contributed by atoms with Gasteiger partial charge >= 0.3 is 0 Å². The molecule has 156 valence electrons. The van der Waals surface area contributed by atoms with Gasteiger partial charge in [-0.25, -0.2) is 27.5 Å². The summed E-state index contributed by atoms with van der Waals surface area (Å²) in [6.45, 7) is 0.372. The van der Waals surface area contributed by atoms with Crippen LogP contribution in [0.25, 0.3) is 11.0 Å². The first kappa shape index (κ1) is 21.3. The van der Waals surface area contributed by atoms with Crippen LogP contribution in [0.4, 0.5) is 23.4 Å². The highest BCUT2D eigenvalue weighted by Crippen LogP contribution is 2.31. The molecule has 0 aliphatic carbocycles.